The van der Waals surface area contributed by atoms with Crippen molar-refractivity contribution in [3.63, 3.8) is 0 Å². The second-order valence-electron chi connectivity index (χ2n) is 4.90. The van der Waals surface area contributed by atoms with Crippen LogP contribution in [-0.2, 0) is 11.2 Å². The first kappa shape index (κ1) is 14.7. The predicted octanol–water partition coefficient (Wildman–Crippen LogP) is 2.55. The molecular formula is C14H16N4O3. The quantitative estimate of drug-likeness (QED) is 0.676. The topological polar surface area (TPSA) is 90.1 Å². The number of carbonyl (C=O) groups is 1. The number of hydrogen-bond donors (Lipinski definition) is 1. The molecule has 0 aliphatic carbocycles. The van der Waals surface area contributed by atoms with Gasteiger partial charge in [0, 0.05) is 24.2 Å². The molecule has 1 heterocycles. The minimum absolute atomic E-state index is 0.0112. The number of nitro benzene ring substituents is 1. The lowest BCUT2D eigenvalue weighted by Crippen LogP contribution is -2.18. The fourth-order valence-corrected chi connectivity index (χ4v) is 1.93. The van der Waals surface area contributed by atoms with E-state index in [9.17, 15) is 14.9 Å². The molecule has 1 aromatic heterocycles. The number of nitro groups is 1. The van der Waals surface area contributed by atoms with Gasteiger partial charge in [-0.1, -0.05) is 12.1 Å². The van der Waals surface area contributed by atoms with E-state index >= 15 is 0 Å². The number of hydrogen-bond acceptors (Lipinski definition) is 4. The van der Waals surface area contributed by atoms with Gasteiger partial charge < -0.3 is 5.32 Å². The monoisotopic (exact) mass is 288 g/mol. The minimum Gasteiger partial charge on any atom is -0.311 e. The summed E-state index contributed by atoms with van der Waals surface area (Å²) in [5.41, 5.74) is 0.728. The Kier molecular flexibility index (Phi) is 4.32. The fraction of sp³-hybridized carbons (Fsp3) is 0.286. The van der Waals surface area contributed by atoms with Crippen molar-refractivity contribution in [2.75, 3.05) is 5.32 Å². The van der Waals surface area contributed by atoms with Gasteiger partial charge in [0.05, 0.1) is 17.5 Å². The Morgan fingerprint density at radius 2 is 2.00 bits per heavy atom. The summed E-state index contributed by atoms with van der Waals surface area (Å²) in [6.45, 7) is 3.94. The molecule has 0 atom stereocenters. The van der Waals surface area contributed by atoms with Crippen LogP contribution in [0, 0.1) is 10.1 Å². The van der Waals surface area contributed by atoms with Crippen molar-refractivity contribution in [2.45, 2.75) is 26.3 Å². The molecule has 1 aromatic carbocycles. The molecule has 0 bridgehead atoms. The SMILES string of the molecule is CC(C)n1nccc1NC(=O)Cc1ccc([N+](=O)[O-])cc1. The van der Waals surface area contributed by atoms with E-state index in [4.69, 9.17) is 0 Å². The van der Waals surface area contributed by atoms with E-state index in [1.165, 1.54) is 12.1 Å². The second kappa shape index (κ2) is 6.17. The lowest BCUT2D eigenvalue weighted by atomic mass is 10.1. The molecule has 0 saturated carbocycles. The van der Waals surface area contributed by atoms with Gasteiger partial charge in [0.2, 0.25) is 5.91 Å². The zero-order chi connectivity index (χ0) is 15.4. The molecule has 1 N–H and O–H groups in total. The van der Waals surface area contributed by atoms with Crippen LogP contribution in [0.4, 0.5) is 11.5 Å². The molecule has 110 valence electrons. The highest BCUT2D eigenvalue weighted by molar-refractivity contribution is 5.91. The summed E-state index contributed by atoms with van der Waals surface area (Å²) in [7, 11) is 0. The third-order valence-electron chi connectivity index (χ3n) is 2.94. The number of carbonyl (C=O) groups excluding carboxylic acids is 1. The molecule has 0 spiro atoms. The summed E-state index contributed by atoms with van der Waals surface area (Å²) in [5.74, 6) is 0.447. The summed E-state index contributed by atoms with van der Waals surface area (Å²) >= 11 is 0. The van der Waals surface area contributed by atoms with Crippen LogP contribution < -0.4 is 5.32 Å². The summed E-state index contributed by atoms with van der Waals surface area (Å²) in [5, 5.41) is 17.5. The number of amides is 1. The summed E-state index contributed by atoms with van der Waals surface area (Å²) in [4.78, 5) is 22.1. The lowest BCUT2D eigenvalue weighted by molar-refractivity contribution is -0.384. The van der Waals surface area contributed by atoms with E-state index in [2.05, 4.69) is 10.4 Å². The van der Waals surface area contributed by atoms with Crippen molar-refractivity contribution in [2.24, 2.45) is 0 Å². The van der Waals surface area contributed by atoms with Crippen LogP contribution in [0.2, 0.25) is 0 Å². The van der Waals surface area contributed by atoms with E-state index < -0.39 is 4.92 Å². The number of nitrogens with zero attached hydrogens (tertiary/aromatic N) is 3. The second-order valence-corrected chi connectivity index (χ2v) is 4.90. The highest BCUT2D eigenvalue weighted by Crippen LogP contribution is 2.15. The van der Waals surface area contributed by atoms with Gasteiger partial charge in [-0.2, -0.15) is 5.10 Å². The van der Waals surface area contributed by atoms with E-state index in [1.807, 2.05) is 13.8 Å². The first-order valence-corrected chi connectivity index (χ1v) is 6.54. The van der Waals surface area contributed by atoms with Gasteiger partial charge in [0.15, 0.2) is 0 Å². The van der Waals surface area contributed by atoms with Crippen LogP contribution in [0.15, 0.2) is 36.5 Å². The third-order valence-corrected chi connectivity index (χ3v) is 2.94. The Morgan fingerprint density at radius 1 is 1.33 bits per heavy atom. The van der Waals surface area contributed by atoms with Crippen LogP contribution in [-0.4, -0.2) is 20.6 Å². The van der Waals surface area contributed by atoms with Gasteiger partial charge in [-0.25, -0.2) is 4.68 Å². The molecule has 0 fully saturated rings. The number of nitrogens with one attached hydrogen (secondary N) is 1. The number of rotatable bonds is 5. The molecule has 0 radical (unpaired) electrons. The van der Waals surface area contributed by atoms with Gasteiger partial charge >= 0.3 is 0 Å². The van der Waals surface area contributed by atoms with Crippen LogP contribution in [0.25, 0.3) is 0 Å². The van der Waals surface area contributed by atoms with Gasteiger partial charge in [-0.05, 0) is 19.4 Å². The highest BCUT2D eigenvalue weighted by atomic mass is 16.6. The van der Waals surface area contributed by atoms with Crippen molar-refractivity contribution in [3.05, 3.63) is 52.2 Å². The van der Waals surface area contributed by atoms with Gasteiger partial charge in [-0.15, -0.1) is 0 Å². The van der Waals surface area contributed by atoms with Crippen molar-refractivity contribution in [1.82, 2.24) is 9.78 Å². The molecular weight excluding hydrogens is 272 g/mol. The Labute approximate surface area is 121 Å². The molecule has 0 unspecified atom stereocenters. The molecule has 2 rings (SSSR count). The standard InChI is InChI=1S/C14H16N4O3/c1-10(2)17-13(7-8-15-17)16-14(19)9-11-3-5-12(6-4-11)18(20)21/h3-8,10H,9H2,1-2H3,(H,16,19). The normalized spacial score (nSPS) is 10.6. The predicted molar refractivity (Wildman–Crippen MR) is 78.0 cm³/mol. The van der Waals surface area contributed by atoms with Crippen molar-refractivity contribution < 1.29 is 9.72 Å². The Hall–Kier alpha value is -2.70. The molecule has 21 heavy (non-hydrogen) atoms. The zero-order valence-electron chi connectivity index (χ0n) is 11.8. The van der Waals surface area contributed by atoms with E-state index in [0.717, 1.165) is 0 Å². The van der Waals surface area contributed by atoms with Crippen LogP contribution in [0.3, 0.4) is 0 Å². The van der Waals surface area contributed by atoms with Crippen molar-refractivity contribution in [3.8, 4) is 0 Å². The fourth-order valence-electron chi connectivity index (χ4n) is 1.93. The van der Waals surface area contributed by atoms with Gasteiger partial charge in [-0.3, -0.25) is 14.9 Å². The molecule has 0 saturated heterocycles. The molecule has 2 aromatic rings. The maximum absolute atomic E-state index is 12.0. The summed E-state index contributed by atoms with van der Waals surface area (Å²) in [6, 6.07) is 7.82. The van der Waals surface area contributed by atoms with Gasteiger partial charge in [0.1, 0.15) is 5.82 Å². The van der Waals surface area contributed by atoms with E-state index in [0.29, 0.717) is 11.4 Å². The van der Waals surface area contributed by atoms with E-state index in [1.54, 1.807) is 29.1 Å². The van der Waals surface area contributed by atoms with Crippen LogP contribution in [0.1, 0.15) is 25.5 Å². The van der Waals surface area contributed by atoms with Crippen LogP contribution in [0.5, 0.6) is 0 Å². The lowest BCUT2D eigenvalue weighted by Gasteiger charge is -2.11. The first-order valence-electron chi connectivity index (χ1n) is 6.54. The number of anilines is 1. The summed E-state index contributed by atoms with van der Waals surface area (Å²) < 4.78 is 1.72. The Balaban J connectivity index is 2.01. The summed E-state index contributed by atoms with van der Waals surface area (Å²) in [6.07, 6.45) is 1.78. The van der Waals surface area contributed by atoms with Crippen molar-refractivity contribution >= 4 is 17.4 Å². The molecule has 1 amide bonds. The third kappa shape index (κ3) is 3.65. The molecule has 7 nitrogen and oxygen atoms in total. The molecule has 7 heteroatoms. The largest absolute Gasteiger partial charge is 0.311 e. The maximum atomic E-state index is 12.0. The highest BCUT2D eigenvalue weighted by Gasteiger charge is 2.11. The molecule has 0 aliphatic heterocycles. The Bertz CT molecular complexity index is 646. The van der Waals surface area contributed by atoms with E-state index in [-0.39, 0.29) is 24.1 Å². The number of benzene rings is 1. The molecule has 0 aliphatic rings. The van der Waals surface area contributed by atoms with Crippen molar-refractivity contribution in [1.29, 1.82) is 0 Å². The first-order chi connectivity index (χ1) is 9.97. The average molecular weight is 288 g/mol. The maximum Gasteiger partial charge on any atom is 0.269 e. The zero-order valence-corrected chi connectivity index (χ0v) is 11.8. The minimum atomic E-state index is -0.467. The number of non-ortho nitro benzene ring substituents is 1. The van der Waals surface area contributed by atoms with Gasteiger partial charge in [0.25, 0.3) is 5.69 Å². The Morgan fingerprint density at radius 3 is 2.57 bits per heavy atom. The number of aromatic nitrogens is 2. The average Bonchev–Trinajstić information content (AvgIpc) is 2.87. The smallest absolute Gasteiger partial charge is 0.269 e. The van der Waals surface area contributed by atoms with Crippen LogP contribution >= 0.6 is 0 Å².